The molecule has 2 N–H and O–H groups in total. The van der Waals surface area contributed by atoms with Gasteiger partial charge >= 0.3 is 0 Å². The van der Waals surface area contributed by atoms with E-state index in [0.29, 0.717) is 17.0 Å². The highest BCUT2D eigenvalue weighted by molar-refractivity contribution is 7.15. The third-order valence-electron chi connectivity index (χ3n) is 7.36. The molecule has 7 nitrogen and oxygen atoms in total. The Morgan fingerprint density at radius 3 is 2.49 bits per heavy atom. The number of anilines is 2. The van der Waals surface area contributed by atoms with Crippen LogP contribution >= 0.6 is 11.3 Å². The normalized spacial score (nSPS) is 12.8. The number of aryl methyl sites for hydroxylation is 3. The number of carbonyl (C=O) groups excluding carboxylic acids is 2. The highest BCUT2D eigenvalue weighted by Gasteiger charge is 2.28. The molecule has 1 aliphatic carbocycles. The monoisotopic (exact) mass is 564 g/mol. The van der Waals surface area contributed by atoms with Crippen molar-refractivity contribution in [3.63, 3.8) is 0 Å². The van der Waals surface area contributed by atoms with Gasteiger partial charge in [0.1, 0.15) is 22.4 Å². The van der Waals surface area contributed by atoms with Gasteiger partial charge in [-0.3, -0.25) is 9.59 Å². The summed E-state index contributed by atoms with van der Waals surface area (Å²) in [5.74, 6) is -0.0202. The zero-order chi connectivity index (χ0) is 29.1. The maximum atomic E-state index is 13.8. The van der Waals surface area contributed by atoms with Crippen LogP contribution in [0.1, 0.15) is 56.2 Å². The number of carbonyl (C=O) groups is 2. The van der Waals surface area contributed by atoms with E-state index in [1.165, 1.54) is 4.88 Å². The Bertz CT molecular complexity index is 1700. The largest absolute Gasteiger partial charge is 0.497 e. The molecule has 8 heteroatoms. The molecule has 41 heavy (non-hydrogen) atoms. The first-order valence-electron chi connectivity index (χ1n) is 13.6. The number of nitrogens with zero attached hydrogens (tertiary/aromatic N) is 2. The summed E-state index contributed by atoms with van der Waals surface area (Å²) in [4.78, 5) is 28.0. The van der Waals surface area contributed by atoms with Gasteiger partial charge in [0.2, 0.25) is 0 Å². The molecule has 2 aromatic carbocycles. The van der Waals surface area contributed by atoms with E-state index in [4.69, 9.17) is 4.74 Å². The first kappa shape index (κ1) is 27.9. The van der Waals surface area contributed by atoms with Crippen LogP contribution in [0.2, 0.25) is 0 Å². The summed E-state index contributed by atoms with van der Waals surface area (Å²) in [6.45, 7) is 5.95. The number of fused-ring (bicyclic) bond motifs is 1. The molecular formula is C33H32N4O3S. The molecule has 0 unspecified atom stereocenters. The fourth-order valence-corrected chi connectivity index (χ4v) is 6.72. The van der Waals surface area contributed by atoms with Crippen molar-refractivity contribution in [2.45, 2.75) is 46.5 Å². The van der Waals surface area contributed by atoms with Gasteiger partial charge in [0.05, 0.1) is 12.7 Å². The molecule has 0 atom stereocenters. The fraction of sp³-hybridized carbons (Fsp3) is 0.242. The van der Waals surface area contributed by atoms with Crippen molar-refractivity contribution in [2.75, 3.05) is 17.7 Å². The van der Waals surface area contributed by atoms with E-state index in [9.17, 15) is 14.9 Å². The summed E-state index contributed by atoms with van der Waals surface area (Å²) in [6.07, 6.45) is 5.60. The lowest BCUT2D eigenvalue weighted by Gasteiger charge is -2.14. The number of hydrogen-bond donors (Lipinski definition) is 2. The average molecular weight is 565 g/mol. The maximum Gasteiger partial charge on any atom is 0.266 e. The topological polar surface area (TPSA) is 96.2 Å². The van der Waals surface area contributed by atoms with E-state index in [-0.39, 0.29) is 11.5 Å². The van der Waals surface area contributed by atoms with Crippen LogP contribution in [-0.4, -0.2) is 23.5 Å². The predicted molar refractivity (Wildman–Crippen MR) is 164 cm³/mol. The van der Waals surface area contributed by atoms with Crippen LogP contribution < -0.4 is 15.4 Å². The van der Waals surface area contributed by atoms with Crippen LogP contribution in [-0.2, 0) is 17.6 Å². The van der Waals surface area contributed by atoms with Crippen molar-refractivity contribution in [3.05, 3.63) is 98.7 Å². The van der Waals surface area contributed by atoms with Crippen molar-refractivity contribution in [3.8, 4) is 16.8 Å². The van der Waals surface area contributed by atoms with Crippen molar-refractivity contribution in [2.24, 2.45) is 0 Å². The summed E-state index contributed by atoms with van der Waals surface area (Å²) < 4.78 is 7.30. The van der Waals surface area contributed by atoms with Crippen molar-refractivity contribution in [1.29, 1.82) is 5.26 Å². The first-order chi connectivity index (χ1) is 19.8. The van der Waals surface area contributed by atoms with Gasteiger partial charge in [-0.25, -0.2) is 0 Å². The number of methoxy groups -OCH3 is 1. The minimum absolute atomic E-state index is 0.0177. The Labute approximate surface area is 244 Å². The van der Waals surface area contributed by atoms with Crippen LogP contribution in [0.15, 0.2) is 60.2 Å². The van der Waals surface area contributed by atoms with E-state index in [0.717, 1.165) is 64.4 Å². The predicted octanol–water partition coefficient (Wildman–Crippen LogP) is 7.15. The van der Waals surface area contributed by atoms with Crippen molar-refractivity contribution >= 4 is 40.6 Å². The molecule has 208 valence electrons. The Morgan fingerprint density at radius 1 is 1.00 bits per heavy atom. The summed E-state index contributed by atoms with van der Waals surface area (Å²) in [5.41, 5.74) is 6.76. The highest BCUT2D eigenvalue weighted by atomic mass is 32.1. The van der Waals surface area contributed by atoms with E-state index in [1.54, 1.807) is 48.8 Å². The number of nitrogens with one attached hydrogen (secondary N) is 2. The van der Waals surface area contributed by atoms with Gasteiger partial charge in [-0.1, -0.05) is 23.8 Å². The lowest BCUT2D eigenvalue weighted by molar-refractivity contribution is -0.112. The third-order valence-corrected chi connectivity index (χ3v) is 8.63. The van der Waals surface area contributed by atoms with Crippen molar-refractivity contribution in [1.82, 2.24) is 4.57 Å². The Hall–Kier alpha value is -4.61. The van der Waals surface area contributed by atoms with Gasteiger partial charge in [-0.15, -0.1) is 11.3 Å². The molecule has 0 radical (unpaired) electrons. The number of hydrogen-bond acceptors (Lipinski definition) is 5. The number of ether oxygens (including phenoxy) is 1. The Balaban J connectivity index is 1.51. The summed E-state index contributed by atoms with van der Waals surface area (Å²) >= 11 is 1.66. The number of aromatic nitrogens is 1. The standard InChI is InChI=1S/C33H32N4O3S/c1-20-12-14-25(15-13-20)35-32(39)30-28-10-5-6-11-29(28)41-33(30)37-21(2)16-23(22(37)3)17-24(19-34)31(38)36-26-8-7-9-27(18-26)40-4/h7-9,12-18H,5-6,10-11H2,1-4H3,(H,35,39)(H,36,38)/b24-17-. The minimum atomic E-state index is -0.504. The Kier molecular flexibility index (Phi) is 8.09. The van der Waals surface area contributed by atoms with Gasteiger partial charge < -0.3 is 19.9 Å². The Morgan fingerprint density at radius 2 is 1.76 bits per heavy atom. The van der Waals surface area contributed by atoms with Gasteiger partial charge in [0, 0.05) is 33.7 Å². The molecule has 0 aliphatic heterocycles. The number of benzene rings is 2. The molecule has 4 aromatic rings. The molecule has 2 heterocycles. The smallest absolute Gasteiger partial charge is 0.266 e. The molecule has 0 saturated carbocycles. The number of amides is 2. The molecular weight excluding hydrogens is 532 g/mol. The number of thiophene rings is 1. The number of rotatable bonds is 7. The molecule has 1 aliphatic rings. The molecule has 5 rings (SSSR count). The van der Waals surface area contributed by atoms with Crippen molar-refractivity contribution < 1.29 is 14.3 Å². The van der Waals surface area contributed by atoms with Crippen LogP contribution in [0.25, 0.3) is 11.1 Å². The van der Waals surface area contributed by atoms with Crippen LogP contribution in [0.4, 0.5) is 11.4 Å². The molecule has 0 fully saturated rings. The van der Waals surface area contributed by atoms with E-state index in [2.05, 4.69) is 15.2 Å². The van der Waals surface area contributed by atoms with E-state index >= 15 is 0 Å². The summed E-state index contributed by atoms with van der Waals surface area (Å²) in [6, 6.07) is 18.8. The van der Waals surface area contributed by atoms with E-state index in [1.807, 2.05) is 57.2 Å². The second kappa shape index (κ2) is 11.9. The zero-order valence-electron chi connectivity index (χ0n) is 23.6. The van der Waals surface area contributed by atoms with Gasteiger partial charge in [-0.2, -0.15) is 5.26 Å². The second-order valence-corrected chi connectivity index (χ2v) is 11.3. The maximum absolute atomic E-state index is 13.8. The number of nitriles is 1. The SMILES string of the molecule is COc1cccc(NC(=O)/C(C#N)=C\c2cc(C)n(-c3sc4c(c3C(=O)Nc3ccc(C)cc3)CCCC4)c2C)c1. The second-order valence-electron chi connectivity index (χ2n) is 10.2. The van der Waals surface area contributed by atoms with Gasteiger partial charge in [0.25, 0.3) is 11.8 Å². The van der Waals surface area contributed by atoms with E-state index < -0.39 is 5.91 Å². The highest BCUT2D eigenvalue weighted by Crippen LogP contribution is 2.39. The fourth-order valence-electron chi connectivity index (χ4n) is 5.22. The zero-order valence-corrected chi connectivity index (χ0v) is 24.4. The first-order valence-corrected chi connectivity index (χ1v) is 14.4. The minimum Gasteiger partial charge on any atom is -0.497 e. The molecule has 0 spiro atoms. The van der Waals surface area contributed by atoms with Crippen LogP contribution in [0.3, 0.4) is 0 Å². The molecule has 2 aromatic heterocycles. The van der Waals surface area contributed by atoms with Crippen LogP contribution in [0, 0.1) is 32.1 Å². The van der Waals surface area contributed by atoms with Crippen LogP contribution in [0.5, 0.6) is 5.75 Å². The molecule has 0 saturated heterocycles. The summed E-state index contributed by atoms with van der Waals surface area (Å²) in [5, 5.41) is 16.6. The molecule has 0 bridgehead atoms. The van der Waals surface area contributed by atoms with Gasteiger partial charge in [-0.05, 0) is 94.0 Å². The van der Waals surface area contributed by atoms with Gasteiger partial charge in [0.15, 0.2) is 0 Å². The average Bonchev–Trinajstić information content (AvgIpc) is 3.48. The molecule has 2 amide bonds. The summed E-state index contributed by atoms with van der Waals surface area (Å²) in [7, 11) is 1.55. The third kappa shape index (κ3) is 5.81. The quantitative estimate of drug-likeness (QED) is 0.184. The lowest BCUT2D eigenvalue weighted by atomic mass is 9.95. The lowest BCUT2D eigenvalue weighted by Crippen LogP contribution is -2.17.